The largest absolute Gasteiger partial charge is 0.396 e. The van der Waals surface area contributed by atoms with Gasteiger partial charge in [0.15, 0.2) is 0 Å². The molecule has 2 rings (SSSR count). The molecule has 0 atom stereocenters. The summed E-state index contributed by atoms with van der Waals surface area (Å²) in [6.07, 6.45) is 1.62. The summed E-state index contributed by atoms with van der Waals surface area (Å²) in [7, 11) is 0. The summed E-state index contributed by atoms with van der Waals surface area (Å²) in [5.41, 5.74) is 8.07. The molecule has 0 radical (unpaired) electrons. The molecule has 1 heterocycles. The van der Waals surface area contributed by atoms with Gasteiger partial charge in [-0.05, 0) is 12.1 Å². The Bertz CT molecular complexity index is 393. The van der Waals surface area contributed by atoms with E-state index in [2.05, 4.69) is 22.6 Å². The number of nitrogens with two attached hydrogens (primary N) is 1. The van der Waals surface area contributed by atoms with Crippen molar-refractivity contribution < 1.29 is 0 Å². The standard InChI is InChI=1S/C7H7N3S/c8-6-5(11)2-1-4-7(6)10-3-9-4/h1-3,11H,8H2,(H,9,10). The van der Waals surface area contributed by atoms with E-state index in [-0.39, 0.29) is 0 Å². The third kappa shape index (κ3) is 0.867. The predicted molar refractivity (Wildman–Crippen MR) is 47.8 cm³/mol. The maximum atomic E-state index is 5.70. The number of nitrogens with one attached hydrogen (secondary N) is 1. The lowest BCUT2D eigenvalue weighted by molar-refractivity contribution is 1.34. The monoisotopic (exact) mass is 165 g/mol. The number of anilines is 1. The second kappa shape index (κ2) is 2.17. The van der Waals surface area contributed by atoms with Gasteiger partial charge in [-0.15, -0.1) is 12.6 Å². The summed E-state index contributed by atoms with van der Waals surface area (Å²) >= 11 is 4.17. The Morgan fingerprint density at radius 3 is 3.09 bits per heavy atom. The van der Waals surface area contributed by atoms with Crippen LogP contribution in [0.1, 0.15) is 0 Å². The van der Waals surface area contributed by atoms with E-state index in [1.54, 1.807) is 6.33 Å². The SMILES string of the molecule is Nc1c(S)ccc2[nH]cnc12. The molecule has 2 aromatic rings. The number of benzene rings is 1. The number of imidazole rings is 1. The van der Waals surface area contributed by atoms with Crippen LogP contribution in [0.2, 0.25) is 0 Å². The van der Waals surface area contributed by atoms with Crippen LogP contribution in [0.5, 0.6) is 0 Å². The summed E-state index contributed by atoms with van der Waals surface area (Å²) in [6, 6.07) is 3.75. The first-order valence-corrected chi connectivity index (χ1v) is 3.64. The molecule has 0 spiro atoms. The normalized spacial score (nSPS) is 10.6. The smallest absolute Gasteiger partial charge is 0.112 e. The summed E-state index contributed by atoms with van der Waals surface area (Å²) in [5.74, 6) is 0. The molecule has 0 aliphatic heterocycles. The number of thiol groups is 1. The quantitative estimate of drug-likeness (QED) is 0.408. The molecule has 0 aliphatic rings. The maximum Gasteiger partial charge on any atom is 0.112 e. The van der Waals surface area contributed by atoms with E-state index in [0.717, 1.165) is 15.9 Å². The lowest BCUT2D eigenvalue weighted by Gasteiger charge is -1.97. The third-order valence-corrected chi connectivity index (χ3v) is 2.00. The van der Waals surface area contributed by atoms with Crippen LogP contribution in [-0.2, 0) is 0 Å². The minimum atomic E-state index is 0.632. The van der Waals surface area contributed by atoms with Crippen molar-refractivity contribution in [1.82, 2.24) is 9.97 Å². The first kappa shape index (κ1) is 6.54. The Labute approximate surface area is 69.0 Å². The van der Waals surface area contributed by atoms with Crippen molar-refractivity contribution in [3.05, 3.63) is 18.5 Å². The van der Waals surface area contributed by atoms with Crippen molar-refractivity contribution in [2.24, 2.45) is 0 Å². The van der Waals surface area contributed by atoms with E-state index in [1.807, 2.05) is 12.1 Å². The van der Waals surface area contributed by atoms with Gasteiger partial charge in [-0.25, -0.2) is 4.98 Å². The van der Waals surface area contributed by atoms with Crippen LogP contribution in [-0.4, -0.2) is 9.97 Å². The zero-order chi connectivity index (χ0) is 7.84. The topological polar surface area (TPSA) is 54.7 Å². The zero-order valence-corrected chi connectivity index (χ0v) is 6.60. The number of aromatic nitrogens is 2. The number of rotatable bonds is 0. The van der Waals surface area contributed by atoms with Crippen molar-refractivity contribution >= 4 is 29.3 Å². The average Bonchev–Trinajstić information content (AvgIpc) is 2.45. The molecule has 0 saturated heterocycles. The van der Waals surface area contributed by atoms with Gasteiger partial charge < -0.3 is 10.7 Å². The molecule has 0 aliphatic carbocycles. The van der Waals surface area contributed by atoms with Crippen molar-refractivity contribution in [2.45, 2.75) is 4.90 Å². The van der Waals surface area contributed by atoms with Gasteiger partial charge in [0.25, 0.3) is 0 Å². The molecule has 1 aromatic carbocycles. The highest BCUT2D eigenvalue weighted by molar-refractivity contribution is 7.80. The van der Waals surface area contributed by atoms with Gasteiger partial charge in [0.1, 0.15) is 5.52 Å². The zero-order valence-electron chi connectivity index (χ0n) is 5.70. The van der Waals surface area contributed by atoms with Crippen LogP contribution < -0.4 is 5.73 Å². The Balaban J connectivity index is 2.93. The Morgan fingerprint density at radius 2 is 2.27 bits per heavy atom. The summed E-state index contributed by atoms with van der Waals surface area (Å²) in [5, 5.41) is 0. The van der Waals surface area contributed by atoms with Gasteiger partial charge in [0.2, 0.25) is 0 Å². The molecule has 3 nitrogen and oxygen atoms in total. The predicted octanol–water partition coefficient (Wildman–Crippen LogP) is 1.43. The van der Waals surface area contributed by atoms with E-state index in [1.165, 1.54) is 0 Å². The fourth-order valence-electron chi connectivity index (χ4n) is 1.02. The van der Waals surface area contributed by atoms with Gasteiger partial charge in [-0.3, -0.25) is 0 Å². The van der Waals surface area contributed by atoms with Crippen LogP contribution in [0.15, 0.2) is 23.4 Å². The van der Waals surface area contributed by atoms with Crippen LogP contribution in [0.25, 0.3) is 11.0 Å². The minimum Gasteiger partial charge on any atom is -0.396 e. The van der Waals surface area contributed by atoms with Crippen molar-refractivity contribution in [3.8, 4) is 0 Å². The Hall–Kier alpha value is -1.16. The summed E-state index contributed by atoms with van der Waals surface area (Å²) in [4.78, 5) is 7.78. The van der Waals surface area contributed by atoms with Crippen LogP contribution in [0.3, 0.4) is 0 Å². The first-order valence-electron chi connectivity index (χ1n) is 3.19. The summed E-state index contributed by atoms with van der Waals surface area (Å²) < 4.78 is 0. The molecule has 0 unspecified atom stereocenters. The van der Waals surface area contributed by atoms with Crippen LogP contribution in [0, 0.1) is 0 Å². The Morgan fingerprint density at radius 1 is 1.45 bits per heavy atom. The highest BCUT2D eigenvalue weighted by Crippen LogP contribution is 2.23. The van der Waals surface area contributed by atoms with Crippen molar-refractivity contribution in [2.75, 3.05) is 5.73 Å². The number of fused-ring (bicyclic) bond motifs is 1. The summed E-state index contributed by atoms with van der Waals surface area (Å²) in [6.45, 7) is 0. The van der Waals surface area contributed by atoms with Gasteiger partial charge in [-0.1, -0.05) is 0 Å². The lowest BCUT2D eigenvalue weighted by Crippen LogP contribution is -1.87. The molecule has 4 heteroatoms. The molecule has 0 bridgehead atoms. The molecular weight excluding hydrogens is 158 g/mol. The molecule has 0 fully saturated rings. The van der Waals surface area contributed by atoms with Gasteiger partial charge in [-0.2, -0.15) is 0 Å². The maximum absolute atomic E-state index is 5.70. The molecule has 1 aromatic heterocycles. The minimum absolute atomic E-state index is 0.632. The van der Waals surface area contributed by atoms with Crippen molar-refractivity contribution in [3.63, 3.8) is 0 Å². The van der Waals surface area contributed by atoms with E-state index >= 15 is 0 Å². The molecule has 3 N–H and O–H groups in total. The first-order chi connectivity index (χ1) is 5.29. The number of H-pyrrole nitrogens is 1. The number of aromatic amines is 1. The second-order valence-electron chi connectivity index (χ2n) is 2.30. The average molecular weight is 165 g/mol. The fraction of sp³-hybridized carbons (Fsp3) is 0. The molecule has 0 saturated carbocycles. The highest BCUT2D eigenvalue weighted by Gasteiger charge is 2.01. The number of nitrogen functional groups attached to an aromatic ring is 1. The van der Waals surface area contributed by atoms with E-state index in [0.29, 0.717) is 5.69 Å². The number of hydrogen-bond donors (Lipinski definition) is 3. The molecule has 0 amide bonds. The van der Waals surface area contributed by atoms with E-state index in [9.17, 15) is 0 Å². The number of nitrogens with zero attached hydrogens (tertiary/aromatic N) is 1. The van der Waals surface area contributed by atoms with E-state index in [4.69, 9.17) is 5.73 Å². The van der Waals surface area contributed by atoms with Crippen LogP contribution >= 0.6 is 12.6 Å². The van der Waals surface area contributed by atoms with Gasteiger partial charge >= 0.3 is 0 Å². The molecule has 11 heavy (non-hydrogen) atoms. The highest BCUT2D eigenvalue weighted by atomic mass is 32.1. The van der Waals surface area contributed by atoms with Gasteiger partial charge in [0.05, 0.1) is 17.5 Å². The van der Waals surface area contributed by atoms with Gasteiger partial charge in [0, 0.05) is 4.90 Å². The lowest BCUT2D eigenvalue weighted by atomic mass is 10.3. The van der Waals surface area contributed by atoms with Crippen molar-refractivity contribution in [1.29, 1.82) is 0 Å². The van der Waals surface area contributed by atoms with Crippen LogP contribution in [0.4, 0.5) is 5.69 Å². The fourth-order valence-corrected chi connectivity index (χ4v) is 1.20. The Kier molecular flexibility index (Phi) is 1.29. The van der Waals surface area contributed by atoms with E-state index < -0.39 is 0 Å². The third-order valence-electron chi connectivity index (χ3n) is 1.61. The molecular formula is C7H7N3S. The second-order valence-corrected chi connectivity index (χ2v) is 2.78. The number of hydrogen-bond acceptors (Lipinski definition) is 3. The molecule has 56 valence electrons.